The molecule has 0 bridgehead atoms. The van der Waals surface area contributed by atoms with Crippen LogP contribution in [0.5, 0.6) is 0 Å². The van der Waals surface area contributed by atoms with Crippen LogP contribution in [0.15, 0.2) is 12.3 Å². The van der Waals surface area contributed by atoms with Gasteiger partial charge in [-0.2, -0.15) is 5.10 Å². The number of nitrogens with one attached hydrogen (secondary N) is 2. The minimum absolute atomic E-state index is 0. The van der Waals surface area contributed by atoms with E-state index in [1.807, 2.05) is 10.9 Å². The quantitative estimate of drug-likeness (QED) is 0.750. The van der Waals surface area contributed by atoms with Gasteiger partial charge in [-0.15, -0.1) is 12.4 Å². The van der Waals surface area contributed by atoms with Gasteiger partial charge in [0.05, 0.1) is 6.04 Å². The van der Waals surface area contributed by atoms with Crippen LogP contribution in [0.4, 0.5) is 0 Å². The van der Waals surface area contributed by atoms with Crippen LogP contribution in [0.25, 0.3) is 0 Å². The molecule has 1 aliphatic rings. The van der Waals surface area contributed by atoms with E-state index >= 15 is 0 Å². The second-order valence-electron chi connectivity index (χ2n) is 5.83. The summed E-state index contributed by atoms with van der Waals surface area (Å²) in [7, 11) is 3.46. The molecule has 0 radical (unpaired) electrons. The maximum atomic E-state index is 12.0. The van der Waals surface area contributed by atoms with Crippen molar-refractivity contribution in [3.05, 3.63) is 18.0 Å². The van der Waals surface area contributed by atoms with Gasteiger partial charge in [-0.1, -0.05) is 0 Å². The highest BCUT2D eigenvalue weighted by molar-refractivity contribution is 5.92. The molecule has 1 aliphatic heterocycles. The lowest BCUT2D eigenvalue weighted by molar-refractivity contribution is -0.128. The maximum Gasteiger partial charge on any atom is 0.271 e. The number of piperidine rings is 1. The van der Waals surface area contributed by atoms with Crippen molar-refractivity contribution in [3.63, 3.8) is 0 Å². The molecule has 1 atom stereocenters. The van der Waals surface area contributed by atoms with Crippen LogP contribution in [0.1, 0.15) is 42.2 Å². The standard InChI is InChI=1S/C15H25N5O2.ClH/c1-19(2)14(21)6-4-9-17-15(22)13-7-10-20(18-13)12-5-3-8-16-11-12;/h7,10,12,16H,3-6,8-9,11H2,1-2H3,(H,17,22);1H. The first-order valence-corrected chi connectivity index (χ1v) is 7.82. The lowest BCUT2D eigenvalue weighted by atomic mass is 10.1. The minimum Gasteiger partial charge on any atom is -0.351 e. The molecule has 8 heteroatoms. The maximum absolute atomic E-state index is 12.0. The molecule has 2 N–H and O–H groups in total. The summed E-state index contributed by atoms with van der Waals surface area (Å²) in [6.07, 6.45) is 5.15. The number of hydrogen-bond donors (Lipinski definition) is 2. The third kappa shape index (κ3) is 5.84. The fraction of sp³-hybridized carbons (Fsp3) is 0.667. The largest absolute Gasteiger partial charge is 0.351 e. The van der Waals surface area contributed by atoms with E-state index in [9.17, 15) is 9.59 Å². The smallest absolute Gasteiger partial charge is 0.271 e. The van der Waals surface area contributed by atoms with Crippen LogP contribution in [0.2, 0.25) is 0 Å². The van der Waals surface area contributed by atoms with Crippen molar-refractivity contribution >= 4 is 24.2 Å². The van der Waals surface area contributed by atoms with Crippen LogP contribution < -0.4 is 10.6 Å². The number of nitrogens with zero attached hydrogens (tertiary/aromatic N) is 3. The molecule has 1 unspecified atom stereocenters. The number of carbonyl (C=O) groups is 2. The summed E-state index contributed by atoms with van der Waals surface area (Å²) in [5, 5.41) is 10.5. The molecule has 0 saturated carbocycles. The number of aromatic nitrogens is 2. The Morgan fingerprint density at radius 2 is 2.26 bits per heavy atom. The second-order valence-corrected chi connectivity index (χ2v) is 5.83. The average molecular weight is 344 g/mol. The third-order valence-electron chi connectivity index (χ3n) is 3.84. The van der Waals surface area contributed by atoms with Crippen LogP contribution in [-0.2, 0) is 4.79 Å². The molecule has 1 fully saturated rings. The van der Waals surface area contributed by atoms with Gasteiger partial charge in [0.25, 0.3) is 5.91 Å². The van der Waals surface area contributed by atoms with Crippen LogP contribution >= 0.6 is 12.4 Å². The minimum atomic E-state index is -0.181. The highest BCUT2D eigenvalue weighted by Crippen LogP contribution is 2.15. The Balaban J connectivity index is 0.00000264. The Kier molecular flexibility index (Phi) is 8.05. The molecule has 2 amide bonds. The molecule has 2 rings (SSSR count). The Labute approximate surface area is 143 Å². The monoisotopic (exact) mass is 343 g/mol. The molecule has 23 heavy (non-hydrogen) atoms. The number of halogens is 1. The molecule has 0 aliphatic carbocycles. The van der Waals surface area contributed by atoms with Gasteiger partial charge < -0.3 is 15.5 Å². The molecular weight excluding hydrogens is 318 g/mol. The van der Waals surface area contributed by atoms with E-state index in [1.54, 1.807) is 25.1 Å². The third-order valence-corrected chi connectivity index (χ3v) is 3.84. The summed E-state index contributed by atoms with van der Waals surface area (Å²) >= 11 is 0. The van der Waals surface area contributed by atoms with Crippen molar-refractivity contribution in [2.45, 2.75) is 31.7 Å². The van der Waals surface area contributed by atoms with E-state index in [1.165, 1.54) is 0 Å². The van der Waals surface area contributed by atoms with Gasteiger partial charge in [-0.25, -0.2) is 0 Å². The molecule has 1 aromatic rings. The normalized spacial score (nSPS) is 17.2. The van der Waals surface area contributed by atoms with Crippen LogP contribution in [-0.4, -0.2) is 60.2 Å². The molecule has 130 valence electrons. The lowest BCUT2D eigenvalue weighted by Crippen LogP contribution is -2.32. The molecule has 0 aromatic carbocycles. The second kappa shape index (κ2) is 9.52. The predicted octanol–water partition coefficient (Wildman–Crippen LogP) is 0.828. The van der Waals surface area contributed by atoms with E-state index in [0.29, 0.717) is 31.1 Å². The molecule has 2 heterocycles. The number of hydrogen-bond acceptors (Lipinski definition) is 4. The molecule has 7 nitrogen and oxygen atoms in total. The average Bonchev–Trinajstić information content (AvgIpc) is 3.02. The van der Waals surface area contributed by atoms with Gasteiger partial charge in [0, 0.05) is 39.8 Å². The van der Waals surface area contributed by atoms with Gasteiger partial charge >= 0.3 is 0 Å². The Morgan fingerprint density at radius 1 is 1.48 bits per heavy atom. The summed E-state index contributed by atoms with van der Waals surface area (Å²) in [6, 6.07) is 2.07. The zero-order valence-corrected chi connectivity index (χ0v) is 14.6. The fourth-order valence-corrected chi connectivity index (χ4v) is 2.48. The summed E-state index contributed by atoms with van der Waals surface area (Å²) in [5.74, 6) is -0.108. The number of carbonyl (C=O) groups excluding carboxylic acids is 2. The van der Waals surface area contributed by atoms with E-state index in [-0.39, 0.29) is 24.2 Å². The van der Waals surface area contributed by atoms with Crippen molar-refractivity contribution in [1.82, 2.24) is 25.3 Å². The molecule has 1 saturated heterocycles. The predicted molar refractivity (Wildman–Crippen MR) is 90.9 cm³/mol. The zero-order valence-electron chi connectivity index (χ0n) is 13.7. The van der Waals surface area contributed by atoms with Crippen LogP contribution in [0.3, 0.4) is 0 Å². The Morgan fingerprint density at radius 3 is 2.91 bits per heavy atom. The lowest BCUT2D eigenvalue weighted by Gasteiger charge is -2.22. The van der Waals surface area contributed by atoms with E-state index in [2.05, 4.69) is 15.7 Å². The summed E-state index contributed by atoms with van der Waals surface area (Å²) < 4.78 is 1.87. The summed E-state index contributed by atoms with van der Waals surface area (Å²) in [5.41, 5.74) is 0.435. The van der Waals surface area contributed by atoms with Crippen molar-refractivity contribution in [2.24, 2.45) is 0 Å². The van der Waals surface area contributed by atoms with Crippen molar-refractivity contribution < 1.29 is 9.59 Å². The van der Waals surface area contributed by atoms with Gasteiger partial charge in [0.15, 0.2) is 0 Å². The Bertz CT molecular complexity index is 512. The van der Waals surface area contributed by atoms with Gasteiger partial charge in [-0.05, 0) is 31.9 Å². The van der Waals surface area contributed by atoms with Crippen LogP contribution in [0, 0.1) is 0 Å². The zero-order chi connectivity index (χ0) is 15.9. The molecular formula is C15H26ClN5O2. The molecule has 1 aromatic heterocycles. The van der Waals surface area contributed by atoms with E-state index < -0.39 is 0 Å². The SMILES string of the molecule is CN(C)C(=O)CCCNC(=O)c1ccn(C2CCCNC2)n1.Cl. The van der Waals surface area contributed by atoms with Gasteiger partial charge in [0.1, 0.15) is 5.69 Å². The topological polar surface area (TPSA) is 79.3 Å². The fourth-order valence-electron chi connectivity index (χ4n) is 2.48. The number of amides is 2. The summed E-state index contributed by atoms with van der Waals surface area (Å²) in [4.78, 5) is 25.0. The van der Waals surface area contributed by atoms with E-state index in [4.69, 9.17) is 0 Å². The molecule has 0 spiro atoms. The number of rotatable bonds is 6. The first-order valence-electron chi connectivity index (χ1n) is 7.82. The first-order chi connectivity index (χ1) is 10.6. The van der Waals surface area contributed by atoms with E-state index in [0.717, 1.165) is 25.9 Å². The Hall–Kier alpha value is -1.60. The van der Waals surface area contributed by atoms with Crippen molar-refractivity contribution in [2.75, 3.05) is 33.7 Å². The van der Waals surface area contributed by atoms with Crippen molar-refractivity contribution in [1.29, 1.82) is 0 Å². The summed E-state index contributed by atoms with van der Waals surface area (Å²) in [6.45, 7) is 2.43. The highest BCUT2D eigenvalue weighted by atomic mass is 35.5. The van der Waals surface area contributed by atoms with Gasteiger partial charge in [0.2, 0.25) is 5.91 Å². The van der Waals surface area contributed by atoms with Crippen molar-refractivity contribution in [3.8, 4) is 0 Å². The van der Waals surface area contributed by atoms with Gasteiger partial charge in [-0.3, -0.25) is 14.3 Å². The highest BCUT2D eigenvalue weighted by Gasteiger charge is 2.17. The first kappa shape index (κ1) is 19.4.